The Morgan fingerprint density at radius 3 is 2.69 bits per heavy atom. The Balaban J connectivity index is 1.40. The molecule has 0 atom stereocenters. The number of aromatic nitrogens is 3. The fraction of sp³-hybridized carbons (Fsp3) is 0.240. The van der Waals surface area contributed by atoms with Gasteiger partial charge in [-0.25, -0.2) is 22.8 Å². The number of nitrogens with one attached hydrogen (secondary N) is 1. The monoisotopic (exact) mass is 507 g/mol. The number of methoxy groups -OCH3 is 1. The van der Waals surface area contributed by atoms with Crippen molar-refractivity contribution in [3.05, 3.63) is 78.2 Å². The Hall–Kier alpha value is -3.80. The van der Waals surface area contributed by atoms with E-state index in [0.717, 1.165) is 29.7 Å². The third-order valence-electron chi connectivity index (χ3n) is 5.95. The number of carbonyl (C=O) groups is 1. The zero-order chi connectivity index (χ0) is 25.1. The molecule has 1 amide bonds. The lowest BCUT2D eigenvalue weighted by molar-refractivity contribution is 0.0341. The van der Waals surface area contributed by atoms with Gasteiger partial charge in [-0.05, 0) is 48.0 Å². The Bertz CT molecular complexity index is 1500. The van der Waals surface area contributed by atoms with Gasteiger partial charge in [-0.1, -0.05) is 12.1 Å². The van der Waals surface area contributed by atoms with Crippen molar-refractivity contribution in [1.82, 2.24) is 24.4 Å². The van der Waals surface area contributed by atoms with Crippen LogP contribution in [0.5, 0.6) is 5.75 Å². The zero-order valence-electron chi connectivity index (χ0n) is 19.6. The summed E-state index contributed by atoms with van der Waals surface area (Å²) in [5, 5.41) is 5.02. The summed E-state index contributed by atoms with van der Waals surface area (Å²) in [6.45, 7) is 3.37. The normalized spacial score (nSPS) is 14.6. The first-order chi connectivity index (χ1) is 17.4. The minimum Gasteiger partial charge on any atom is -0.495 e. The maximum absolute atomic E-state index is 13.2. The predicted octanol–water partition coefficient (Wildman–Crippen LogP) is 2.38. The third-order valence-corrected chi connectivity index (χ3v) is 7.30. The molecule has 0 aliphatic carbocycles. The molecule has 3 heterocycles. The number of fused-ring (bicyclic) bond motifs is 1. The average molecular weight is 508 g/mol. The van der Waals surface area contributed by atoms with Gasteiger partial charge in [-0.2, -0.15) is 5.10 Å². The van der Waals surface area contributed by atoms with Crippen molar-refractivity contribution in [2.24, 2.45) is 0 Å². The lowest BCUT2D eigenvalue weighted by Crippen LogP contribution is -2.35. The first-order valence-corrected chi connectivity index (χ1v) is 12.9. The number of carbonyl (C=O) groups excluding carboxylic acids is 1. The standard InChI is InChI=1S/C25H25N5O5S/c1-34-23-9-6-18(17-29-12-14-35-15-13-29)16-24(23)36(32,33)28-25(31)21-8-7-19-20(27-21)4-2-5-22(19)30-11-3-10-26-30/h2-11,16H,12-15,17H2,1H3,(H,28,31). The molecule has 1 saturated heterocycles. The van der Waals surface area contributed by atoms with Crippen molar-refractivity contribution in [3.8, 4) is 11.4 Å². The van der Waals surface area contributed by atoms with Crippen LogP contribution < -0.4 is 9.46 Å². The highest BCUT2D eigenvalue weighted by Gasteiger charge is 2.25. The number of sulfonamides is 1. The van der Waals surface area contributed by atoms with Crippen molar-refractivity contribution < 1.29 is 22.7 Å². The van der Waals surface area contributed by atoms with Crippen LogP contribution in [-0.2, 0) is 21.3 Å². The molecule has 2 aromatic carbocycles. The molecular weight excluding hydrogens is 482 g/mol. The van der Waals surface area contributed by atoms with Crippen molar-refractivity contribution in [3.63, 3.8) is 0 Å². The van der Waals surface area contributed by atoms with Crippen LogP contribution in [0.2, 0.25) is 0 Å². The highest BCUT2D eigenvalue weighted by molar-refractivity contribution is 7.90. The molecule has 36 heavy (non-hydrogen) atoms. The Morgan fingerprint density at radius 2 is 1.94 bits per heavy atom. The second-order valence-corrected chi connectivity index (χ2v) is 9.95. The van der Waals surface area contributed by atoms with Gasteiger partial charge in [0.05, 0.1) is 31.5 Å². The number of hydrogen-bond donors (Lipinski definition) is 1. The second kappa shape index (κ2) is 10.1. The molecule has 10 nitrogen and oxygen atoms in total. The van der Waals surface area contributed by atoms with Gasteiger partial charge in [0.25, 0.3) is 15.9 Å². The van der Waals surface area contributed by atoms with Crippen molar-refractivity contribution >= 4 is 26.8 Å². The summed E-state index contributed by atoms with van der Waals surface area (Å²) in [6.07, 6.45) is 3.48. The third kappa shape index (κ3) is 4.94. The number of morpholine rings is 1. The van der Waals surface area contributed by atoms with E-state index >= 15 is 0 Å². The van der Waals surface area contributed by atoms with Gasteiger partial charge < -0.3 is 9.47 Å². The number of hydrogen-bond acceptors (Lipinski definition) is 8. The van der Waals surface area contributed by atoms with Crippen LogP contribution in [0, 0.1) is 0 Å². The summed E-state index contributed by atoms with van der Waals surface area (Å²) in [4.78, 5) is 19.4. The molecule has 1 N–H and O–H groups in total. The number of nitrogens with zero attached hydrogens (tertiary/aromatic N) is 4. The molecule has 0 unspecified atom stereocenters. The molecule has 1 fully saturated rings. The van der Waals surface area contributed by atoms with E-state index in [1.54, 1.807) is 35.1 Å². The summed E-state index contributed by atoms with van der Waals surface area (Å²) in [5.41, 5.74) is 2.11. The topological polar surface area (TPSA) is 116 Å². The lowest BCUT2D eigenvalue weighted by Gasteiger charge is -2.26. The number of pyridine rings is 1. The summed E-state index contributed by atoms with van der Waals surface area (Å²) in [5.74, 6) is -0.682. The van der Waals surface area contributed by atoms with E-state index < -0.39 is 15.9 Å². The number of amides is 1. The van der Waals surface area contributed by atoms with Crippen LogP contribution in [-0.4, -0.2) is 67.4 Å². The second-order valence-electron chi connectivity index (χ2n) is 8.30. The highest BCUT2D eigenvalue weighted by Crippen LogP contribution is 2.26. The quantitative estimate of drug-likeness (QED) is 0.405. The van der Waals surface area contributed by atoms with Crippen LogP contribution in [0.1, 0.15) is 16.1 Å². The van der Waals surface area contributed by atoms with Gasteiger partial charge >= 0.3 is 0 Å². The molecule has 0 saturated carbocycles. The van der Waals surface area contributed by atoms with Crippen molar-refractivity contribution in [2.75, 3.05) is 33.4 Å². The Kier molecular flexibility index (Phi) is 6.68. The Labute approximate surface area is 208 Å². The summed E-state index contributed by atoms with van der Waals surface area (Å²) >= 11 is 0. The van der Waals surface area contributed by atoms with E-state index in [0.29, 0.717) is 25.3 Å². The number of benzene rings is 2. The van der Waals surface area contributed by atoms with E-state index in [4.69, 9.17) is 9.47 Å². The number of rotatable bonds is 7. The summed E-state index contributed by atoms with van der Waals surface area (Å²) in [6, 6.07) is 15.4. The van der Waals surface area contributed by atoms with E-state index in [9.17, 15) is 13.2 Å². The van der Waals surface area contributed by atoms with Crippen molar-refractivity contribution in [1.29, 1.82) is 0 Å². The van der Waals surface area contributed by atoms with E-state index in [1.165, 1.54) is 19.2 Å². The van der Waals surface area contributed by atoms with Gasteiger partial charge in [0.2, 0.25) is 0 Å². The van der Waals surface area contributed by atoms with Gasteiger partial charge in [0, 0.05) is 37.4 Å². The summed E-state index contributed by atoms with van der Waals surface area (Å²) in [7, 11) is -2.84. The van der Waals surface area contributed by atoms with Crippen LogP contribution in [0.3, 0.4) is 0 Å². The highest BCUT2D eigenvalue weighted by atomic mass is 32.2. The van der Waals surface area contributed by atoms with Crippen LogP contribution in [0.25, 0.3) is 16.6 Å². The zero-order valence-corrected chi connectivity index (χ0v) is 20.4. The van der Waals surface area contributed by atoms with Gasteiger partial charge in [0.1, 0.15) is 16.3 Å². The molecule has 1 aliphatic rings. The first-order valence-electron chi connectivity index (χ1n) is 11.4. The molecule has 0 radical (unpaired) electrons. The first kappa shape index (κ1) is 23.9. The molecule has 5 rings (SSSR count). The minimum atomic E-state index is -4.23. The summed E-state index contributed by atoms with van der Waals surface area (Å²) < 4.78 is 41.0. The van der Waals surface area contributed by atoms with Gasteiger partial charge in [-0.15, -0.1) is 0 Å². The average Bonchev–Trinajstić information content (AvgIpc) is 3.43. The van der Waals surface area contributed by atoms with Crippen LogP contribution in [0.15, 0.2) is 71.9 Å². The molecule has 186 valence electrons. The van der Waals surface area contributed by atoms with Gasteiger partial charge in [0.15, 0.2) is 0 Å². The van der Waals surface area contributed by atoms with E-state index in [1.807, 2.05) is 24.4 Å². The molecular formula is C25H25N5O5S. The maximum atomic E-state index is 13.2. The molecule has 1 aliphatic heterocycles. The predicted molar refractivity (Wildman–Crippen MR) is 133 cm³/mol. The lowest BCUT2D eigenvalue weighted by atomic mass is 10.1. The number of ether oxygens (including phenoxy) is 2. The molecule has 4 aromatic rings. The SMILES string of the molecule is COc1ccc(CN2CCOCC2)cc1S(=O)(=O)NC(=O)c1ccc2c(-n3cccn3)cccc2n1. The maximum Gasteiger partial charge on any atom is 0.283 e. The van der Waals surface area contributed by atoms with E-state index in [-0.39, 0.29) is 16.3 Å². The minimum absolute atomic E-state index is 0.0212. The van der Waals surface area contributed by atoms with Crippen molar-refractivity contribution in [2.45, 2.75) is 11.4 Å². The fourth-order valence-corrected chi connectivity index (χ4v) is 5.33. The van der Waals surface area contributed by atoms with E-state index in [2.05, 4.69) is 19.7 Å². The largest absolute Gasteiger partial charge is 0.495 e. The molecule has 0 spiro atoms. The Morgan fingerprint density at radius 1 is 1.11 bits per heavy atom. The molecule has 2 aromatic heterocycles. The van der Waals surface area contributed by atoms with Crippen LogP contribution in [0.4, 0.5) is 0 Å². The smallest absolute Gasteiger partial charge is 0.283 e. The van der Waals surface area contributed by atoms with Gasteiger partial charge in [-0.3, -0.25) is 9.69 Å². The van der Waals surface area contributed by atoms with Crippen LogP contribution >= 0.6 is 0 Å². The fourth-order valence-electron chi connectivity index (χ4n) is 4.15. The molecule has 11 heteroatoms. The molecule has 0 bridgehead atoms.